The number of ether oxygens (including phenoxy) is 2. The van der Waals surface area contributed by atoms with Crippen LogP contribution in [0.15, 0.2) is 57.6 Å². The summed E-state index contributed by atoms with van der Waals surface area (Å²) >= 11 is 1.68. The third-order valence-electron chi connectivity index (χ3n) is 4.17. The minimum atomic E-state index is 0.486. The van der Waals surface area contributed by atoms with Crippen molar-refractivity contribution in [2.75, 3.05) is 19.5 Å². The molecule has 26 heavy (non-hydrogen) atoms. The van der Waals surface area contributed by atoms with Crippen LogP contribution in [0.2, 0.25) is 0 Å². The maximum absolute atomic E-state index is 5.86. The van der Waals surface area contributed by atoms with Crippen molar-refractivity contribution in [1.29, 1.82) is 0 Å². The number of benzene rings is 2. The third kappa shape index (κ3) is 3.23. The summed E-state index contributed by atoms with van der Waals surface area (Å²) in [5.41, 5.74) is 4.89. The first-order valence-corrected chi connectivity index (χ1v) is 9.09. The van der Waals surface area contributed by atoms with Crippen LogP contribution in [-0.4, -0.2) is 19.2 Å². The number of fused-ring (bicyclic) bond motifs is 1. The lowest BCUT2D eigenvalue weighted by atomic mass is 10.1. The molecule has 0 bridgehead atoms. The van der Waals surface area contributed by atoms with E-state index in [1.54, 1.807) is 25.6 Å². The number of nitrogens with one attached hydrogen (secondary N) is 1. The molecule has 0 saturated carbocycles. The second kappa shape index (κ2) is 7.09. The highest BCUT2D eigenvalue weighted by atomic mass is 32.1. The fourth-order valence-electron chi connectivity index (χ4n) is 2.78. The lowest BCUT2D eigenvalue weighted by molar-refractivity contribution is 0.391. The molecule has 0 aliphatic rings. The number of hydrogen-bond acceptors (Lipinski definition) is 6. The van der Waals surface area contributed by atoms with Crippen molar-refractivity contribution in [1.82, 2.24) is 4.98 Å². The van der Waals surface area contributed by atoms with Gasteiger partial charge in [-0.05, 0) is 52.2 Å². The van der Waals surface area contributed by atoms with Crippen LogP contribution in [0.5, 0.6) is 11.5 Å². The van der Waals surface area contributed by atoms with E-state index in [4.69, 9.17) is 13.9 Å². The first kappa shape index (κ1) is 16.5. The van der Waals surface area contributed by atoms with Gasteiger partial charge in [-0.1, -0.05) is 6.07 Å². The van der Waals surface area contributed by atoms with Gasteiger partial charge < -0.3 is 19.2 Å². The highest BCUT2D eigenvalue weighted by Crippen LogP contribution is 2.29. The summed E-state index contributed by atoms with van der Waals surface area (Å²) in [5.74, 6) is 1.51. The van der Waals surface area contributed by atoms with E-state index in [0.29, 0.717) is 12.6 Å². The molecule has 4 aromatic rings. The molecule has 1 N–H and O–H groups in total. The Morgan fingerprint density at radius 3 is 2.73 bits per heavy atom. The first-order chi connectivity index (χ1) is 12.8. The van der Waals surface area contributed by atoms with E-state index in [0.717, 1.165) is 33.7 Å². The van der Waals surface area contributed by atoms with Gasteiger partial charge in [0.25, 0.3) is 6.01 Å². The van der Waals surface area contributed by atoms with Gasteiger partial charge in [-0.15, -0.1) is 0 Å². The average Bonchev–Trinajstić information content (AvgIpc) is 3.34. The zero-order valence-corrected chi connectivity index (χ0v) is 15.3. The summed E-state index contributed by atoms with van der Waals surface area (Å²) in [6.45, 7) is 0.539. The molecule has 5 nitrogen and oxygen atoms in total. The van der Waals surface area contributed by atoms with Gasteiger partial charge in [0.05, 0.1) is 14.2 Å². The van der Waals surface area contributed by atoms with E-state index in [2.05, 4.69) is 33.2 Å². The molecule has 4 rings (SSSR count). The highest BCUT2D eigenvalue weighted by molar-refractivity contribution is 7.08. The number of aromatic nitrogens is 1. The Bertz CT molecular complexity index is 1020. The Morgan fingerprint density at radius 1 is 1.04 bits per heavy atom. The number of rotatable bonds is 6. The molecule has 2 aromatic heterocycles. The van der Waals surface area contributed by atoms with Gasteiger partial charge >= 0.3 is 0 Å². The number of oxazole rings is 1. The Balaban J connectivity index is 1.54. The molecule has 0 aliphatic heterocycles. The zero-order valence-electron chi connectivity index (χ0n) is 14.5. The Hall–Kier alpha value is -2.99. The molecule has 0 fully saturated rings. The fraction of sp³-hybridized carbons (Fsp3) is 0.150. The molecule has 0 atom stereocenters. The van der Waals surface area contributed by atoms with Crippen LogP contribution in [-0.2, 0) is 6.54 Å². The molecule has 0 spiro atoms. The van der Waals surface area contributed by atoms with Gasteiger partial charge in [0.15, 0.2) is 5.58 Å². The summed E-state index contributed by atoms with van der Waals surface area (Å²) in [6.07, 6.45) is 0. The summed E-state index contributed by atoms with van der Waals surface area (Å²) in [4.78, 5) is 4.50. The third-order valence-corrected chi connectivity index (χ3v) is 4.85. The fourth-order valence-corrected chi connectivity index (χ4v) is 3.44. The number of methoxy groups -OCH3 is 2. The van der Waals surface area contributed by atoms with Gasteiger partial charge in [-0.2, -0.15) is 16.3 Å². The molecule has 0 amide bonds. The lowest BCUT2D eigenvalue weighted by Crippen LogP contribution is -2.02. The number of nitrogens with zero attached hydrogens (tertiary/aromatic N) is 1. The van der Waals surface area contributed by atoms with Gasteiger partial charge in [0.1, 0.15) is 17.0 Å². The maximum Gasteiger partial charge on any atom is 0.295 e. The van der Waals surface area contributed by atoms with Gasteiger partial charge in [0.2, 0.25) is 0 Å². The van der Waals surface area contributed by atoms with Crippen LogP contribution in [0, 0.1) is 0 Å². The predicted octanol–water partition coefficient (Wildman–Crippen LogP) is 5.19. The first-order valence-electron chi connectivity index (χ1n) is 8.15. The van der Waals surface area contributed by atoms with Gasteiger partial charge in [-0.3, -0.25) is 0 Å². The van der Waals surface area contributed by atoms with Crippen molar-refractivity contribution in [3.63, 3.8) is 0 Å². The van der Waals surface area contributed by atoms with E-state index in [1.165, 1.54) is 5.56 Å². The van der Waals surface area contributed by atoms with Gasteiger partial charge in [-0.25, -0.2) is 0 Å². The predicted molar refractivity (Wildman–Crippen MR) is 104 cm³/mol. The molecular formula is C20H18N2O3S. The largest absolute Gasteiger partial charge is 0.497 e. The lowest BCUT2D eigenvalue weighted by Gasteiger charge is -2.10. The Kier molecular flexibility index (Phi) is 4.50. The normalized spacial score (nSPS) is 10.8. The Morgan fingerprint density at radius 2 is 1.96 bits per heavy atom. The number of anilines is 1. The van der Waals surface area contributed by atoms with Gasteiger partial charge in [0, 0.05) is 18.2 Å². The monoisotopic (exact) mass is 366 g/mol. The smallest absolute Gasteiger partial charge is 0.295 e. The molecular weight excluding hydrogens is 348 g/mol. The molecule has 2 heterocycles. The van der Waals surface area contributed by atoms with Crippen molar-refractivity contribution in [3.8, 4) is 22.6 Å². The van der Waals surface area contributed by atoms with Crippen molar-refractivity contribution < 1.29 is 13.9 Å². The second-order valence-electron chi connectivity index (χ2n) is 5.74. The second-order valence-corrected chi connectivity index (χ2v) is 6.52. The average molecular weight is 366 g/mol. The van der Waals surface area contributed by atoms with Crippen molar-refractivity contribution in [2.24, 2.45) is 0 Å². The van der Waals surface area contributed by atoms with Crippen LogP contribution in [0.1, 0.15) is 5.56 Å². The molecule has 132 valence electrons. The van der Waals surface area contributed by atoms with Crippen molar-refractivity contribution >= 4 is 28.5 Å². The van der Waals surface area contributed by atoms with Crippen LogP contribution in [0.25, 0.3) is 22.2 Å². The van der Waals surface area contributed by atoms with Crippen LogP contribution in [0.4, 0.5) is 6.01 Å². The maximum atomic E-state index is 5.86. The zero-order chi connectivity index (χ0) is 17.9. The van der Waals surface area contributed by atoms with Crippen LogP contribution < -0.4 is 14.8 Å². The minimum absolute atomic E-state index is 0.486. The molecule has 0 radical (unpaired) electrons. The highest BCUT2D eigenvalue weighted by Gasteiger charge is 2.10. The van der Waals surface area contributed by atoms with Crippen molar-refractivity contribution in [3.05, 3.63) is 58.8 Å². The minimum Gasteiger partial charge on any atom is -0.497 e. The molecule has 0 unspecified atom stereocenters. The van der Waals surface area contributed by atoms with E-state index < -0.39 is 0 Å². The molecule has 6 heteroatoms. The molecule has 0 saturated heterocycles. The summed E-state index contributed by atoms with van der Waals surface area (Å²) in [5, 5.41) is 7.40. The number of hydrogen-bond donors (Lipinski definition) is 1. The van der Waals surface area contributed by atoms with E-state index >= 15 is 0 Å². The molecule has 2 aromatic carbocycles. The van der Waals surface area contributed by atoms with E-state index in [9.17, 15) is 0 Å². The summed E-state index contributed by atoms with van der Waals surface area (Å²) in [6, 6.07) is 14.4. The topological polar surface area (TPSA) is 56.5 Å². The molecule has 0 aliphatic carbocycles. The standard InChI is InChI=1S/C20H18N2O3S/c1-23-16-5-3-14(18(10-16)24-2)11-21-20-22-17-6-4-13(9-19(17)25-20)15-7-8-26-12-15/h3-10,12H,11H2,1-2H3,(H,21,22). The summed E-state index contributed by atoms with van der Waals surface area (Å²) in [7, 11) is 3.28. The van der Waals surface area contributed by atoms with Crippen molar-refractivity contribution in [2.45, 2.75) is 6.54 Å². The van der Waals surface area contributed by atoms with Crippen LogP contribution in [0.3, 0.4) is 0 Å². The van der Waals surface area contributed by atoms with Crippen LogP contribution >= 0.6 is 11.3 Å². The van der Waals surface area contributed by atoms with E-state index in [1.807, 2.05) is 30.3 Å². The Labute approximate surface area is 155 Å². The summed E-state index contributed by atoms with van der Waals surface area (Å²) < 4.78 is 16.5. The quantitative estimate of drug-likeness (QED) is 0.509. The SMILES string of the molecule is COc1ccc(CNc2nc3ccc(-c4ccsc4)cc3o2)c(OC)c1. The number of thiophene rings is 1. The van der Waals surface area contributed by atoms with E-state index in [-0.39, 0.29) is 0 Å².